The summed E-state index contributed by atoms with van der Waals surface area (Å²) in [5.74, 6) is 0. The first-order valence-electron chi connectivity index (χ1n) is 0.730. The predicted molar refractivity (Wildman–Crippen MR) is 14.3 cm³/mol. The molecule has 4 nitrogen and oxygen atoms in total. The molecule has 8 heteroatoms. The fourth-order valence-corrected chi connectivity index (χ4v) is 0. The molecule has 0 rings (SSSR count). The van der Waals surface area contributed by atoms with E-state index in [2.05, 4.69) is 0 Å². The fourth-order valence-electron chi connectivity index (χ4n) is 0. The van der Waals surface area contributed by atoms with E-state index in [0.29, 0.717) is 0 Å². The second-order valence-corrected chi connectivity index (χ2v) is 1.34. The van der Waals surface area contributed by atoms with E-state index in [9.17, 15) is 0 Å². The van der Waals surface area contributed by atoms with Gasteiger partial charge in [0.25, 0.3) is 0 Å². The third kappa shape index (κ3) is 95.3. The molecule has 0 aromatic carbocycles. The van der Waals surface area contributed by atoms with Crippen LogP contribution in [0, 0.1) is 0 Å². The zero-order valence-corrected chi connectivity index (χ0v) is 12.0. The van der Waals surface area contributed by atoms with Crippen molar-refractivity contribution in [2.45, 2.75) is 7.43 Å². The summed E-state index contributed by atoms with van der Waals surface area (Å²) in [6.45, 7) is 0. The van der Waals surface area contributed by atoms with Crippen molar-refractivity contribution in [3.8, 4) is 0 Å². The average Bonchev–Trinajstić information content (AvgIpc) is 0.722. The molecule has 0 aliphatic heterocycles. The van der Waals surface area contributed by atoms with E-state index in [4.69, 9.17) is 19.2 Å². The van der Waals surface area contributed by atoms with Crippen LogP contribution in [0.15, 0.2) is 0 Å². The van der Waals surface area contributed by atoms with Gasteiger partial charge in [-0.3, -0.25) is 0 Å². The zero-order valence-electron chi connectivity index (χ0n) is 5.08. The monoisotopic (exact) mass is 180 g/mol. The van der Waals surface area contributed by atoms with Crippen LogP contribution in [-0.2, 0) is 4.57 Å². The summed E-state index contributed by atoms with van der Waals surface area (Å²) < 4.78 is 8.55. The standard InChI is InChI=1S/CH4.3Na.H3O4P/c;;;;1-5(2,3)4/h1H4;;;;(H3,1,2,3,4)/q;3*+1;/p-3. The van der Waals surface area contributed by atoms with Crippen molar-refractivity contribution in [3.63, 3.8) is 0 Å². The van der Waals surface area contributed by atoms with E-state index in [1.165, 1.54) is 0 Å². The van der Waals surface area contributed by atoms with E-state index in [1.54, 1.807) is 0 Å². The summed E-state index contributed by atoms with van der Waals surface area (Å²) in [6, 6.07) is 0. The van der Waals surface area contributed by atoms with Gasteiger partial charge in [0, 0.05) is 0 Å². The van der Waals surface area contributed by atoms with E-state index >= 15 is 0 Å². The van der Waals surface area contributed by atoms with Crippen LogP contribution in [0.4, 0.5) is 0 Å². The van der Waals surface area contributed by atoms with Crippen LogP contribution in [0.3, 0.4) is 0 Å². The Morgan fingerprint density at radius 2 is 0.889 bits per heavy atom. The normalized spacial score (nSPS) is 6.56. The van der Waals surface area contributed by atoms with Gasteiger partial charge in [-0.2, -0.15) is 7.82 Å². The van der Waals surface area contributed by atoms with Crippen LogP contribution in [0.25, 0.3) is 0 Å². The molecule has 0 aromatic rings. The Labute approximate surface area is 121 Å². The predicted octanol–water partition coefficient (Wildman–Crippen LogP) is -11.2. The molecule has 0 radical (unpaired) electrons. The van der Waals surface area contributed by atoms with Crippen molar-refractivity contribution in [3.05, 3.63) is 0 Å². The average molecular weight is 180 g/mol. The number of phosphoric acid groups is 1. The molecule has 0 fully saturated rings. The van der Waals surface area contributed by atoms with Crippen molar-refractivity contribution < 1.29 is 108 Å². The minimum atomic E-state index is -5.39. The van der Waals surface area contributed by atoms with Gasteiger partial charge in [-0.15, -0.1) is 0 Å². The molecular weight excluding hydrogens is 176 g/mol. The Balaban J connectivity index is -0.0000000133. The van der Waals surface area contributed by atoms with Gasteiger partial charge in [0.2, 0.25) is 0 Å². The second kappa shape index (κ2) is 13.7. The quantitative estimate of drug-likeness (QED) is 0.273. The van der Waals surface area contributed by atoms with E-state index in [0.717, 1.165) is 0 Å². The molecule has 0 saturated heterocycles. The van der Waals surface area contributed by atoms with Crippen LogP contribution < -0.4 is 103 Å². The largest absolute Gasteiger partial charge is 1.00 e. The van der Waals surface area contributed by atoms with E-state index in [-0.39, 0.29) is 96.1 Å². The minimum absolute atomic E-state index is 0. The van der Waals surface area contributed by atoms with Crippen LogP contribution in [0.2, 0.25) is 0 Å². The third-order valence-electron chi connectivity index (χ3n) is 0. The minimum Gasteiger partial charge on any atom is -0.822 e. The van der Waals surface area contributed by atoms with Crippen molar-refractivity contribution in [1.29, 1.82) is 0 Å². The van der Waals surface area contributed by atoms with Gasteiger partial charge in [-0.05, 0) is 0 Å². The first-order chi connectivity index (χ1) is 2.00. The molecule has 0 aromatic heterocycles. The molecule has 0 atom stereocenters. The number of hydrogen-bond donors (Lipinski definition) is 0. The zero-order chi connectivity index (χ0) is 4.50. The fraction of sp³-hybridized carbons (Fsp3) is 1.00. The molecule has 0 aliphatic carbocycles. The maximum absolute atomic E-state index is 8.55. The molecule has 0 saturated carbocycles. The molecule has 0 bridgehead atoms. The van der Waals surface area contributed by atoms with Crippen LogP contribution in [0.5, 0.6) is 0 Å². The Hall–Kier alpha value is 3.11. The van der Waals surface area contributed by atoms with E-state index < -0.39 is 7.82 Å². The van der Waals surface area contributed by atoms with Gasteiger partial charge in [-0.25, -0.2) is 0 Å². The smallest absolute Gasteiger partial charge is 0.822 e. The van der Waals surface area contributed by atoms with Crippen molar-refractivity contribution >= 4 is 7.82 Å². The van der Waals surface area contributed by atoms with Gasteiger partial charge in [0.15, 0.2) is 0 Å². The molecule has 0 aliphatic rings. The molecule has 9 heavy (non-hydrogen) atoms. The Morgan fingerprint density at radius 3 is 0.889 bits per heavy atom. The summed E-state index contributed by atoms with van der Waals surface area (Å²) in [6.07, 6.45) is 0. The number of hydrogen-bond acceptors (Lipinski definition) is 4. The molecule has 0 amide bonds. The molecule has 0 spiro atoms. The van der Waals surface area contributed by atoms with Gasteiger partial charge in [0.05, 0.1) is 0 Å². The van der Waals surface area contributed by atoms with Gasteiger partial charge < -0.3 is 19.2 Å². The molecular formula is CH4Na3O4P. The maximum Gasteiger partial charge on any atom is 1.00 e. The Morgan fingerprint density at radius 1 is 0.889 bits per heavy atom. The second-order valence-electron chi connectivity index (χ2n) is 0.447. The Kier molecular flexibility index (Phi) is 45.0. The summed E-state index contributed by atoms with van der Waals surface area (Å²) >= 11 is 0. The first-order valence-corrected chi connectivity index (χ1v) is 2.19. The van der Waals surface area contributed by atoms with Crippen molar-refractivity contribution in [2.24, 2.45) is 0 Å². The van der Waals surface area contributed by atoms with Crippen molar-refractivity contribution in [1.82, 2.24) is 0 Å². The molecule has 0 heterocycles. The topological polar surface area (TPSA) is 86.2 Å². The van der Waals surface area contributed by atoms with Crippen molar-refractivity contribution in [2.75, 3.05) is 0 Å². The summed E-state index contributed by atoms with van der Waals surface area (Å²) in [5, 5.41) is 0. The number of rotatable bonds is 0. The van der Waals surface area contributed by atoms with Crippen LogP contribution in [-0.4, -0.2) is 0 Å². The summed E-state index contributed by atoms with van der Waals surface area (Å²) in [7, 11) is -5.39. The summed E-state index contributed by atoms with van der Waals surface area (Å²) in [4.78, 5) is 25.6. The SMILES string of the molecule is C.O=P([O-])([O-])[O-].[Na+].[Na+].[Na+]. The molecule has 0 N–H and O–H groups in total. The third-order valence-corrected chi connectivity index (χ3v) is 0. The van der Waals surface area contributed by atoms with E-state index in [1.807, 2.05) is 0 Å². The van der Waals surface area contributed by atoms with Crippen LogP contribution >= 0.6 is 7.82 Å². The van der Waals surface area contributed by atoms with Gasteiger partial charge in [-0.1, -0.05) is 7.43 Å². The van der Waals surface area contributed by atoms with Gasteiger partial charge in [0.1, 0.15) is 0 Å². The van der Waals surface area contributed by atoms with Crippen LogP contribution in [0.1, 0.15) is 7.43 Å². The first kappa shape index (κ1) is 29.6. The molecule has 0 unspecified atom stereocenters. The summed E-state index contributed by atoms with van der Waals surface area (Å²) in [5.41, 5.74) is 0. The maximum atomic E-state index is 8.55. The Bertz CT molecular complexity index is 61.9. The molecule has 40 valence electrons. The van der Waals surface area contributed by atoms with Gasteiger partial charge >= 0.3 is 88.7 Å².